The monoisotopic (exact) mass is 847 g/mol. The van der Waals surface area contributed by atoms with E-state index in [-0.39, 0.29) is 5.41 Å². The van der Waals surface area contributed by atoms with Crippen molar-refractivity contribution in [3.63, 3.8) is 0 Å². The van der Waals surface area contributed by atoms with Crippen LogP contribution >= 0.6 is 11.3 Å². The number of aryl methyl sites for hydroxylation is 1. The van der Waals surface area contributed by atoms with Crippen molar-refractivity contribution in [3.8, 4) is 22.4 Å². The normalized spacial score (nSPS) is 16.1. The fourth-order valence-corrected chi connectivity index (χ4v) is 12.4. The lowest BCUT2D eigenvalue weighted by Crippen LogP contribution is -2.27. The molecule has 2 aromatic heterocycles. The zero-order valence-corrected chi connectivity index (χ0v) is 37.9. The van der Waals surface area contributed by atoms with E-state index in [0.717, 1.165) is 36.0 Å². The Morgan fingerprint density at radius 3 is 2.25 bits per heavy atom. The molecule has 65 heavy (non-hydrogen) atoms. The van der Waals surface area contributed by atoms with Gasteiger partial charge < -0.3 is 0 Å². The first-order chi connectivity index (χ1) is 32.1. The van der Waals surface area contributed by atoms with Crippen molar-refractivity contribution in [2.45, 2.75) is 52.4 Å². The van der Waals surface area contributed by atoms with Gasteiger partial charge in [0, 0.05) is 36.7 Å². The number of allylic oxidation sites excluding steroid dienone is 6. The molecule has 14 rings (SSSR count). The van der Waals surface area contributed by atoms with Crippen LogP contribution in [0.25, 0.3) is 81.0 Å². The number of rotatable bonds is 2. The Bertz CT molecular complexity index is 3690. The van der Waals surface area contributed by atoms with Crippen molar-refractivity contribution >= 4 is 69.9 Å². The zero-order valence-electron chi connectivity index (χ0n) is 37.1. The molecule has 4 aliphatic rings. The van der Waals surface area contributed by atoms with Crippen molar-refractivity contribution in [2.24, 2.45) is 0 Å². The first-order valence-electron chi connectivity index (χ1n) is 23.0. The molecule has 0 fully saturated rings. The topological polar surface area (TPSA) is 12.9 Å². The van der Waals surface area contributed by atoms with E-state index in [1.807, 2.05) is 25.2 Å². The number of hydrogen-bond acceptors (Lipinski definition) is 2. The van der Waals surface area contributed by atoms with Gasteiger partial charge in [-0.2, -0.15) is 0 Å². The summed E-state index contributed by atoms with van der Waals surface area (Å²) in [5.41, 5.74) is 21.8. The lowest BCUT2D eigenvalue weighted by molar-refractivity contribution is 0.782. The highest BCUT2D eigenvalue weighted by atomic mass is 32.1. The van der Waals surface area contributed by atoms with E-state index in [1.54, 1.807) is 0 Å². The van der Waals surface area contributed by atoms with E-state index in [2.05, 4.69) is 202 Å². The molecule has 2 heterocycles. The minimum absolute atomic E-state index is 0.346. The van der Waals surface area contributed by atoms with Gasteiger partial charge in [-0.3, -0.25) is 0 Å². The summed E-state index contributed by atoms with van der Waals surface area (Å²) in [6, 6.07) is 68.6. The van der Waals surface area contributed by atoms with Crippen LogP contribution in [0, 0.1) is 31.2 Å². The van der Waals surface area contributed by atoms with Crippen LogP contribution in [0.1, 0.15) is 78.1 Å². The fourth-order valence-electron chi connectivity index (χ4n) is 11.3. The molecule has 0 saturated heterocycles. The van der Waals surface area contributed by atoms with Gasteiger partial charge >= 0.3 is 0 Å². The summed E-state index contributed by atoms with van der Waals surface area (Å²) in [5.74, 6) is 0. The average molecular weight is 848 g/mol. The third-order valence-electron chi connectivity index (χ3n) is 14.1. The molecule has 1 spiro atoms. The number of aromatic nitrogens is 1. The Morgan fingerprint density at radius 1 is 0.585 bits per heavy atom. The van der Waals surface area contributed by atoms with Crippen LogP contribution in [0.3, 0.4) is 0 Å². The van der Waals surface area contributed by atoms with Crippen LogP contribution in [0.15, 0.2) is 169 Å². The number of pyridine rings is 1. The third kappa shape index (κ3) is 5.84. The average Bonchev–Trinajstić information content (AvgIpc) is 4.08. The number of nitrogens with zero attached hydrogens (tertiary/aromatic N) is 1. The molecule has 1 nitrogen and oxygen atoms in total. The molecular weight excluding hydrogens is 803 g/mol. The molecule has 0 bridgehead atoms. The van der Waals surface area contributed by atoms with Gasteiger partial charge in [0.1, 0.15) is 0 Å². The van der Waals surface area contributed by atoms with Crippen LogP contribution < -0.4 is 0 Å². The van der Waals surface area contributed by atoms with Crippen molar-refractivity contribution in [1.29, 1.82) is 0 Å². The molecule has 1 atom stereocenters. The van der Waals surface area contributed by atoms with Crippen LogP contribution in [0.4, 0.5) is 0 Å². The van der Waals surface area contributed by atoms with Crippen LogP contribution in [0.2, 0.25) is 0 Å². The maximum absolute atomic E-state index is 5.25. The Kier molecular flexibility index (Phi) is 9.24. The van der Waals surface area contributed by atoms with Gasteiger partial charge in [0.25, 0.3) is 0 Å². The van der Waals surface area contributed by atoms with Gasteiger partial charge in [0.15, 0.2) is 0 Å². The number of para-hydroxylation sites is 1. The molecule has 0 saturated carbocycles. The molecule has 308 valence electrons. The van der Waals surface area contributed by atoms with Crippen LogP contribution in [-0.2, 0) is 11.8 Å². The van der Waals surface area contributed by atoms with E-state index >= 15 is 0 Å². The summed E-state index contributed by atoms with van der Waals surface area (Å²) in [6.45, 7) is 8.38. The highest BCUT2D eigenvalue weighted by Crippen LogP contribution is 2.63. The van der Waals surface area contributed by atoms with Gasteiger partial charge in [0.2, 0.25) is 0 Å². The number of thiophene rings is 1. The molecule has 0 amide bonds. The lowest BCUT2D eigenvalue weighted by Gasteiger charge is -2.32. The summed E-state index contributed by atoms with van der Waals surface area (Å²) in [5, 5.41) is 6.13. The molecule has 1 unspecified atom stereocenters. The van der Waals surface area contributed by atoms with E-state index in [1.165, 1.54) is 114 Å². The first-order valence-corrected chi connectivity index (χ1v) is 23.8. The van der Waals surface area contributed by atoms with Gasteiger partial charge in [-0.1, -0.05) is 159 Å². The van der Waals surface area contributed by atoms with Crippen molar-refractivity contribution in [2.75, 3.05) is 0 Å². The second-order valence-corrected chi connectivity index (χ2v) is 18.5. The largest absolute Gasteiger partial charge is 0.247 e. The van der Waals surface area contributed by atoms with Crippen LogP contribution in [0.5, 0.6) is 0 Å². The van der Waals surface area contributed by atoms with Gasteiger partial charge in [-0.05, 0) is 154 Å². The van der Waals surface area contributed by atoms with Crippen LogP contribution in [-0.4, -0.2) is 4.98 Å². The van der Waals surface area contributed by atoms with E-state index in [4.69, 9.17) is 4.98 Å². The predicted molar refractivity (Wildman–Crippen MR) is 275 cm³/mol. The highest BCUT2D eigenvalue weighted by molar-refractivity contribution is 7.25. The number of hydrogen-bond donors (Lipinski definition) is 0. The van der Waals surface area contributed by atoms with Crippen molar-refractivity contribution in [3.05, 3.63) is 238 Å². The Hall–Kier alpha value is -7.49. The minimum Gasteiger partial charge on any atom is -0.247 e. The summed E-state index contributed by atoms with van der Waals surface area (Å²) in [6.07, 6.45) is 7.94. The Labute approximate surface area is 385 Å². The maximum atomic E-state index is 5.25. The number of benzene rings is 6. The summed E-state index contributed by atoms with van der Waals surface area (Å²) >= 11 is 1.85. The molecule has 0 radical (unpaired) electrons. The second-order valence-electron chi connectivity index (χ2n) is 17.4. The fraction of sp³-hybridized carbons (Fsp3) is 0.127. The molecule has 4 aliphatic carbocycles. The molecular formula is C63H45NS. The Morgan fingerprint density at radius 2 is 1.37 bits per heavy atom. The summed E-state index contributed by atoms with van der Waals surface area (Å²) in [4.78, 5) is 5.25. The molecule has 10 aromatic rings. The zero-order chi connectivity index (χ0) is 43.8. The SMILES string of the molecule is CC.CC1=C(c2c#cc3c(c2)sc2ccccc23)Cc2ccccc21.Cc1cccc(-c2nc3ccccc3c3cc4c(cc23)-c2cc#ccc2C42C3=C(CCC=C3)c3ccccc32)c1. The van der Waals surface area contributed by atoms with Gasteiger partial charge in [-0.15, -0.1) is 11.3 Å². The van der Waals surface area contributed by atoms with E-state index < -0.39 is 0 Å². The molecule has 8 aromatic carbocycles. The summed E-state index contributed by atoms with van der Waals surface area (Å²) < 4.78 is 2.63. The molecule has 0 N–H and O–H groups in total. The van der Waals surface area contributed by atoms with Crippen molar-refractivity contribution < 1.29 is 0 Å². The predicted octanol–water partition coefficient (Wildman–Crippen LogP) is 16.6. The first kappa shape index (κ1) is 39.1. The highest BCUT2D eigenvalue weighted by Gasteiger charge is 2.52. The lowest BCUT2D eigenvalue weighted by atomic mass is 9.69. The minimum atomic E-state index is -0.346. The van der Waals surface area contributed by atoms with E-state index in [9.17, 15) is 0 Å². The quantitative estimate of drug-likeness (QED) is 0.158. The maximum Gasteiger partial charge on any atom is 0.0788 e. The van der Waals surface area contributed by atoms with Gasteiger partial charge in [0.05, 0.1) is 22.0 Å². The standard InChI is InChI=1S/C39H25N.C22H14S.C2H6/c1-24-11-10-12-25(21-24)38-32-22-31-28-15-4-8-19-35(28)39(36(31)23-30(32)29-16-5-9-20-37(29)40-38)33-17-6-2-13-26(33)27-14-3-7-18-34(27)39;1-14-17-7-3-2-6-15(17)12-20(14)16-10-11-19-18-8-4-5-9-21(18)23-22(19)13-16;1-2/h2,5-7,9-13,15-23H,3,14H2,1H3;2-9,13H,12H2,1H3;1-2H3. The summed E-state index contributed by atoms with van der Waals surface area (Å²) in [7, 11) is 0. The number of fused-ring (bicyclic) bond motifs is 16. The second kappa shape index (κ2) is 15.3. The molecule has 0 aliphatic heterocycles. The smallest absolute Gasteiger partial charge is 0.0788 e. The van der Waals surface area contributed by atoms with E-state index in [0.29, 0.717) is 0 Å². The van der Waals surface area contributed by atoms with Gasteiger partial charge in [-0.25, -0.2) is 4.98 Å². The Balaban J connectivity index is 0.000000151. The molecule has 2 heteroatoms. The third-order valence-corrected chi connectivity index (χ3v) is 15.2. The van der Waals surface area contributed by atoms with Crippen molar-refractivity contribution in [1.82, 2.24) is 4.98 Å².